The van der Waals surface area contributed by atoms with E-state index in [9.17, 15) is 9.90 Å². The molecule has 0 saturated heterocycles. The minimum atomic E-state index is -0.260. The third-order valence-electron chi connectivity index (χ3n) is 3.26. The molecule has 2 atom stereocenters. The third-order valence-corrected chi connectivity index (χ3v) is 3.26. The maximum atomic E-state index is 12.0. The minimum absolute atomic E-state index is 0.00380. The number of aliphatic hydroxyl groups is 1. The second-order valence-corrected chi connectivity index (χ2v) is 4.36. The van der Waals surface area contributed by atoms with Crippen molar-refractivity contribution in [3.8, 4) is 0 Å². The number of anilines is 1. The molecule has 4 nitrogen and oxygen atoms in total. The molecule has 1 fully saturated rings. The number of nitrogens with zero attached hydrogens (tertiary/aromatic N) is 1. The van der Waals surface area contributed by atoms with Gasteiger partial charge in [-0.25, -0.2) is 0 Å². The van der Waals surface area contributed by atoms with Crippen LogP contribution in [0.4, 0.5) is 5.69 Å². The summed E-state index contributed by atoms with van der Waals surface area (Å²) in [6.07, 6.45) is 5.06. The van der Waals surface area contributed by atoms with Crippen molar-refractivity contribution in [3.63, 3.8) is 0 Å². The SMILES string of the molecule is CNc1cccn([C@H]2CCC[C@H](O)C2)c1=O. The maximum Gasteiger partial charge on any atom is 0.274 e. The monoisotopic (exact) mass is 222 g/mol. The van der Waals surface area contributed by atoms with Gasteiger partial charge in [-0.05, 0) is 37.8 Å². The number of hydrogen-bond acceptors (Lipinski definition) is 3. The molecule has 2 rings (SSSR count). The van der Waals surface area contributed by atoms with E-state index < -0.39 is 0 Å². The van der Waals surface area contributed by atoms with Gasteiger partial charge in [0.1, 0.15) is 5.69 Å². The highest BCUT2D eigenvalue weighted by Crippen LogP contribution is 2.27. The van der Waals surface area contributed by atoms with E-state index in [0.29, 0.717) is 12.1 Å². The number of aliphatic hydroxyl groups excluding tert-OH is 1. The van der Waals surface area contributed by atoms with Crippen molar-refractivity contribution in [2.45, 2.75) is 37.8 Å². The molecule has 16 heavy (non-hydrogen) atoms. The smallest absolute Gasteiger partial charge is 0.274 e. The highest BCUT2D eigenvalue weighted by atomic mass is 16.3. The molecule has 1 saturated carbocycles. The lowest BCUT2D eigenvalue weighted by atomic mass is 9.93. The van der Waals surface area contributed by atoms with Crippen LogP contribution in [-0.2, 0) is 0 Å². The van der Waals surface area contributed by atoms with Gasteiger partial charge in [0.2, 0.25) is 0 Å². The lowest BCUT2D eigenvalue weighted by molar-refractivity contribution is 0.103. The van der Waals surface area contributed by atoms with Gasteiger partial charge < -0.3 is 15.0 Å². The summed E-state index contributed by atoms with van der Waals surface area (Å²) in [5.74, 6) is 0. The van der Waals surface area contributed by atoms with E-state index in [2.05, 4.69) is 5.32 Å². The molecule has 1 aromatic heterocycles. The maximum absolute atomic E-state index is 12.0. The summed E-state index contributed by atoms with van der Waals surface area (Å²) in [4.78, 5) is 12.0. The molecule has 4 heteroatoms. The summed E-state index contributed by atoms with van der Waals surface area (Å²) in [6.45, 7) is 0. The zero-order valence-electron chi connectivity index (χ0n) is 9.52. The van der Waals surface area contributed by atoms with Crippen molar-refractivity contribution >= 4 is 5.69 Å². The normalized spacial score (nSPS) is 25.4. The number of hydrogen-bond donors (Lipinski definition) is 2. The molecular formula is C12H18N2O2. The van der Waals surface area contributed by atoms with Gasteiger partial charge in [-0.15, -0.1) is 0 Å². The fraction of sp³-hybridized carbons (Fsp3) is 0.583. The Bertz CT molecular complexity index is 414. The van der Waals surface area contributed by atoms with Gasteiger partial charge in [0, 0.05) is 19.3 Å². The molecule has 0 radical (unpaired) electrons. The van der Waals surface area contributed by atoms with Crippen LogP contribution >= 0.6 is 0 Å². The van der Waals surface area contributed by atoms with Crippen molar-refractivity contribution in [1.82, 2.24) is 4.57 Å². The Morgan fingerprint density at radius 1 is 1.50 bits per heavy atom. The van der Waals surface area contributed by atoms with Crippen LogP contribution in [0.1, 0.15) is 31.7 Å². The average molecular weight is 222 g/mol. The van der Waals surface area contributed by atoms with E-state index in [4.69, 9.17) is 0 Å². The average Bonchev–Trinajstić information content (AvgIpc) is 2.29. The summed E-state index contributed by atoms with van der Waals surface area (Å²) >= 11 is 0. The van der Waals surface area contributed by atoms with Gasteiger partial charge in [-0.3, -0.25) is 4.79 Å². The van der Waals surface area contributed by atoms with Crippen LogP contribution in [0.15, 0.2) is 23.1 Å². The first-order valence-electron chi connectivity index (χ1n) is 5.79. The predicted molar refractivity (Wildman–Crippen MR) is 63.8 cm³/mol. The third kappa shape index (κ3) is 2.11. The van der Waals surface area contributed by atoms with E-state index in [-0.39, 0.29) is 17.7 Å². The summed E-state index contributed by atoms with van der Waals surface area (Å²) in [5, 5.41) is 12.5. The topological polar surface area (TPSA) is 54.3 Å². The number of rotatable bonds is 2. The number of pyridine rings is 1. The second kappa shape index (κ2) is 4.70. The van der Waals surface area contributed by atoms with Gasteiger partial charge >= 0.3 is 0 Å². The Morgan fingerprint density at radius 2 is 2.31 bits per heavy atom. The lowest BCUT2D eigenvalue weighted by Crippen LogP contribution is -2.30. The zero-order chi connectivity index (χ0) is 11.5. The molecular weight excluding hydrogens is 204 g/mol. The molecule has 1 aliphatic rings. The molecule has 0 unspecified atom stereocenters. The summed E-state index contributed by atoms with van der Waals surface area (Å²) in [6, 6.07) is 3.79. The molecule has 88 valence electrons. The van der Waals surface area contributed by atoms with Crippen molar-refractivity contribution < 1.29 is 5.11 Å². The van der Waals surface area contributed by atoms with Crippen LogP contribution < -0.4 is 10.9 Å². The van der Waals surface area contributed by atoms with Crippen LogP contribution in [0.3, 0.4) is 0 Å². The van der Waals surface area contributed by atoms with E-state index in [1.807, 2.05) is 12.3 Å². The van der Waals surface area contributed by atoms with Crippen LogP contribution in [0.2, 0.25) is 0 Å². The summed E-state index contributed by atoms with van der Waals surface area (Å²) < 4.78 is 1.74. The number of aromatic nitrogens is 1. The summed E-state index contributed by atoms with van der Waals surface area (Å²) in [5.41, 5.74) is 0.617. The minimum Gasteiger partial charge on any atom is -0.393 e. The standard InChI is InChI=1S/C12H18N2O2/c1-13-11-6-3-7-14(12(11)16)9-4-2-5-10(15)8-9/h3,6-7,9-10,13,15H,2,4-5,8H2,1H3/t9-,10-/m0/s1. The van der Waals surface area contributed by atoms with Crippen molar-refractivity contribution in [2.24, 2.45) is 0 Å². The largest absolute Gasteiger partial charge is 0.393 e. The van der Waals surface area contributed by atoms with E-state index in [1.54, 1.807) is 17.7 Å². The molecule has 0 aliphatic heterocycles. The van der Waals surface area contributed by atoms with Crippen LogP contribution in [-0.4, -0.2) is 22.8 Å². The van der Waals surface area contributed by atoms with Gasteiger partial charge in [-0.2, -0.15) is 0 Å². The molecule has 1 aromatic rings. The van der Waals surface area contributed by atoms with E-state index >= 15 is 0 Å². The lowest BCUT2D eigenvalue weighted by Gasteiger charge is -2.27. The Morgan fingerprint density at radius 3 is 3.00 bits per heavy atom. The van der Waals surface area contributed by atoms with Crippen molar-refractivity contribution in [1.29, 1.82) is 0 Å². The molecule has 0 amide bonds. The van der Waals surface area contributed by atoms with Crippen LogP contribution in [0, 0.1) is 0 Å². The Kier molecular flexibility index (Phi) is 3.29. The Balaban J connectivity index is 2.29. The van der Waals surface area contributed by atoms with Gasteiger partial charge in [-0.1, -0.05) is 0 Å². The molecule has 2 N–H and O–H groups in total. The molecule has 1 aliphatic carbocycles. The zero-order valence-corrected chi connectivity index (χ0v) is 9.52. The second-order valence-electron chi connectivity index (χ2n) is 4.36. The first-order valence-corrected chi connectivity index (χ1v) is 5.79. The van der Waals surface area contributed by atoms with Gasteiger partial charge in [0.25, 0.3) is 5.56 Å². The molecule has 0 spiro atoms. The van der Waals surface area contributed by atoms with Crippen molar-refractivity contribution in [3.05, 3.63) is 28.7 Å². The van der Waals surface area contributed by atoms with E-state index in [0.717, 1.165) is 19.3 Å². The van der Waals surface area contributed by atoms with Crippen LogP contribution in [0.25, 0.3) is 0 Å². The summed E-state index contributed by atoms with van der Waals surface area (Å²) in [7, 11) is 1.75. The first kappa shape index (κ1) is 11.2. The fourth-order valence-electron chi connectivity index (χ4n) is 2.38. The highest BCUT2D eigenvalue weighted by Gasteiger charge is 2.22. The Labute approximate surface area is 94.9 Å². The molecule has 0 aromatic carbocycles. The molecule has 0 bridgehead atoms. The quantitative estimate of drug-likeness (QED) is 0.794. The van der Waals surface area contributed by atoms with Crippen LogP contribution in [0.5, 0.6) is 0 Å². The van der Waals surface area contributed by atoms with Gasteiger partial charge in [0.15, 0.2) is 0 Å². The van der Waals surface area contributed by atoms with Gasteiger partial charge in [0.05, 0.1) is 6.10 Å². The fourth-order valence-corrected chi connectivity index (χ4v) is 2.38. The number of nitrogens with one attached hydrogen (secondary N) is 1. The Hall–Kier alpha value is -1.29. The van der Waals surface area contributed by atoms with E-state index in [1.165, 1.54) is 0 Å². The highest BCUT2D eigenvalue weighted by molar-refractivity contribution is 5.39. The first-order chi connectivity index (χ1) is 7.72. The predicted octanol–water partition coefficient (Wildman–Crippen LogP) is 1.37. The van der Waals surface area contributed by atoms with Crippen molar-refractivity contribution in [2.75, 3.05) is 12.4 Å². The molecule has 1 heterocycles.